The number of halogens is 3. The minimum Gasteiger partial charge on any atom is -0.360 e. The van der Waals surface area contributed by atoms with Crippen molar-refractivity contribution in [2.75, 3.05) is 13.1 Å². The Bertz CT molecular complexity index is 653. The standard InChI is InChI=1S/C13H11BrF2N2O/c14-8-1-2-11-9(5-8)10(6-17-11)12(19)18-4-3-13(15,16)7-18/h1-2,5-6,17H,3-4,7H2. The number of carbonyl (C=O) groups is 1. The Morgan fingerprint density at radius 1 is 1.42 bits per heavy atom. The Balaban J connectivity index is 1.96. The van der Waals surface area contributed by atoms with Gasteiger partial charge in [0, 0.05) is 34.5 Å². The van der Waals surface area contributed by atoms with Gasteiger partial charge in [0.05, 0.1) is 12.1 Å². The van der Waals surface area contributed by atoms with Crippen molar-refractivity contribution in [1.29, 1.82) is 0 Å². The Morgan fingerprint density at radius 3 is 2.89 bits per heavy atom. The number of benzene rings is 1. The number of nitrogens with one attached hydrogen (secondary N) is 1. The second-order valence-electron chi connectivity index (χ2n) is 4.72. The van der Waals surface area contributed by atoms with E-state index >= 15 is 0 Å². The lowest BCUT2D eigenvalue weighted by molar-refractivity contribution is 0.0120. The normalized spacial score (nSPS) is 18.2. The number of fused-ring (bicyclic) bond motifs is 1. The number of nitrogens with zero attached hydrogens (tertiary/aromatic N) is 1. The van der Waals surface area contributed by atoms with Gasteiger partial charge in [-0.15, -0.1) is 0 Å². The number of H-pyrrole nitrogens is 1. The molecule has 0 unspecified atom stereocenters. The molecule has 6 heteroatoms. The zero-order valence-corrected chi connectivity index (χ0v) is 11.5. The molecule has 3 rings (SSSR count). The maximum Gasteiger partial charge on any atom is 0.267 e. The maximum atomic E-state index is 13.2. The summed E-state index contributed by atoms with van der Waals surface area (Å²) in [6.45, 7) is -0.390. The number of hydrogen-bond acceptors (Lipinski definition) is 1. The van der Waals surface area contributed by atoms with Crippen LogP contribution in [0, 0.1) is 0 Å². The highest BCUT2D eigenvalue weighted by molar-refractivity contribution is 9.10. The topological polar surface area (TPSA) is 36.1 Å². The lowest BCUT2D eigenvalue weighted by atomic mass is 10.1. The second-order valence-corrected chi connectivity index (χ2v) is 5.64. The summed E-state index contributed by atoms with van der Waals surface area (Å²) < 4.78 is 27.2. The smallest absolute Gasteiger partial charge is 0.267 e. The van der Waals surface area contributed by atoms with Gasteiger partial charge < -0.3 is 9.88 Å². The van der Waals surface area contributed by atoms with Gasteiger partial charge >= 0.3 is 0 Å². The van der Waals surface area contributed by atoms with Crippen LogP contribution in [-0.2, 0) is 0 Å². The zero-order valence-electron chi connectivity index (χ0n) is 9.92. The fourth-order valence-corrected chi connectivity index (χ4v) is 2.71. The second kappa shape index (κ2) is 4.30. The average molecular weight is 329 g/mol. The van der Waals surface area contributed by atoms with E-state index in [1.807, 2.05) is 18.2 Å². The molecule has 0 saturated carbocycles. The number of carbonyl (C=O) groups excluding carboxylic acids is 1. The first-order valence-electron chi connectivity index (χ1n) is 5.90. The summed E-state index contributed by atoms with van der Waals surface area (Å²) in [5, 5.41) is 0.745. The minimum atomic E-state index is -2.76. The monoisotopic (exact) mass is 328 g/mol. The summed E-state index contributed by atoms with van der Waals surface area (Å²) in [7, 11) is 0. The lowest BCUT2D eigenvalue weighted by Crippen LogP contribution is -2.31. The van der Waals surface area contributed by atoms with E-state index in [-0.39, 0.29) is 18.9 Å². The fraction of sp³-hybridized carbons (Fsp3) is 0.308. The van der Waals surface area contributed by atoms with E-state index < -0.39 is 12.5 Å². The fourth-order valence-electron chi connectivity index (χ4n) is 2.35. The molecule has 1 aliphatic heterocycles. The summed E-state index contributed by atoms with van der Waals surface area (Å²) in [4.78, 5) is 16.5. The molecule has 0 aliphatic carbocycles. The number of hydrogen-bond donors (Lipinski definition) is 1. The molecule has 3 nitrogen and oxygen atoms in total. The Labute approximate surface area is 116 Å². The number of aromatic amines is 1. The van der Waals surface area contributed by atoms with Gasteiger partial charge in [0.2, 0.25) is 0 Å². The van der Waals surface area contributed by atoms with Crippen molar-refractivity contribution in [3.8, 4) is 0 Å². The third-order valence-electron chi connectivity index (χ3n) is 3.33. The largest absolute Gasteiger partial charge is 0.360 e. The highest BCUT2D eigenvalue weighted by Crippen LogP contribution is 2.30. The third-order valence-corrected chi connectivity index (χ3v) is 3.82. The molecule has 2 heterocycles. The predicted octanol–water partition coefficient (Wildman–Crippen LogP) is 3.41. The van der Waals surface area contributed by atoms with E-state index in [0.717, 1.165) is 15.4 Å². The molecule has 0 atom stereocenters. The van der Waals surface area contributed by atoms with Gasteiger partial charge in [-0.25, -0.2) is 8.78 Å². The molecule has 1 N–H and O–H groups in total. The van der Waals surface area contributed by atoms with Crippen molar-refractivity contribution in [2.45, 2.75) is 12.3 Å². The summed E-state index contributed by atoms with van der Waals surface area (Å²) in [5.41, 5.74) is 1.26. The minimum absolute atomic E-state index is 0.104. The van der Waals surface area contributed by atoms with Crippen LogP contribution in [0.3, 0.4) is 0 Å². The quantitative estimate of drug-likeness (QED) is 0.855. The maximum absolute atomic E-state index is 13.2. The Hall–Kier alpha value is -1.43. The van der Waals surface area contributed by atoms with Crippen molar-refractivity contribution < 1.29 is 13.6 Å². The molecule has 1 aromatic heterocycles. The van der Waals surface area contributed by atoms with E-state index in [2.05, 4.69) is 20.9 Å². The molecule has 100 valence electrons. The van der Waals surface area contributed by atoms with Crippen LogP contribution in [0.25, 0.3) is 10.9 Å². The molecular weight excluding hydrogens is 318 g/mol. The van der Waals surface area contributed by atoms with E-state index in [0.29, 0.717) is 5.56 Å². The van der Waals surface area contributed by atoms with Crippen molar-refractivity contribution in [1.82, 2.24) is 9.88 Å². The van der Waals surface area contributed by atoms with Gasteiger partial charge in [0.25, 0.3) is 11.8 Å². The zero-order chi connectivity index (χ0) is 13.6. The van der Waals surface area contributed by atoms with Crippen LogP contribution in [-0.4, -0.2) is 34.8 Å². The number of amides is 1. The van der Waals surface area contributed by atoms with Gasteiger partial charge in [0.15, 0.2) is 0 Å². The number of likely N-dealkylation sites (tertiary alicyclic amines) is 1. The highest BCUT2D eigenvalue weighted by atomic mass is 79.9. The van der Waals surface area contributed by atoms with E-state index in [4.69, 9.17) is 0 Å². The summed E-state index contributed by atoms with van der Waals surface area (Å²) in [6.07, 6.45) is 1.32. The lowest BCUT2D eigenvalue weighted by Gasteiger charge is -2.15. The highest BCUT2D eigenvalue weighted by Gasteiger charge is 2.40. The van der Waals surface area contributed by atoms with Crippen LogP contribution in [0.4, 0.5) is 8.78 Å². The van der Waals surface area contributed by atoms with Crippen LogP contribution in [0.15, 0.2) is 28.9 Å². The van der Waals surface area contributed by atoms with E-state index in [1.165, 1.54) is 4.90 Å². The van der Waals surface area contributed by atoms with Gasteiger partial charge in [-0.2, -0.15) is 0 Å². The number of aromatic nitrogens is 1. The Morgan fingerprint density at radius 2 is 2.21 bits per heavy atom. The Kier molecular flexibility index (Phi) is 2.85. The van der Waals surface area contributed by atoms with Crippen LogP contribution in [0.1, 0.15) is 16.8 Å². The molecule has 1 saturated heterocycles. The van der Waals surface area contributed by atoms with Crippen LogP contribution in [0.5, 0.6) is 0 Å². The van der Waals surface area contributed by atoms with Gasteiger partial charge in [-0.05, 0) is 18.2 Å². The molecule has 1 amide bonds. The predicted molar refractivity (Wildman–Crippen MR) is 71.5 cm³/mol. The van der Waals surface area contributed by atoms with Crippen LogP contribution < -0.4 is 0 Å². The summed E-state index contributed by atoms with van der Waals surface area (Å²) >= 11 is 3.34. The van der Waals surface area contributed by atoms with Gasteiger partial charge in [-0.3, -0.25) is 4.79 Å². The first-order chi connectivity index (χ1) is 8.96. The first-order valence-corrected chi connectivity index (χ1v) is 6.69. The van der Waals surface area contributed by atoms with Crippen molar-refractivity contribution >= 4 is 32.7 Å². The molecule has 2 aromatic rings. The molecule has 0 spiro atoms. The number of rotatable bonds is 1. The van der Waals surface area contributed by atoms with Gasteiger partial charge in [-0.1, -0.05) is 15.9 Å². The molecule has 19 heavy (non-hydrogen) atoms. The van der Waals surface area contributed by atoms with Crippen molar-refractivity contribution in [3.63, 3.8) is 0 Å². The van der Waals surface area contributed by atoms with Crippen LogP contribution >= 0.6 is 15.9 Å². The molecule has 1 fully saturated rings. The molecular formula is C13H11BrF2N2O. The summed E-state index contributed by atoms with van der Waals surface area (Å²) in [5.74, 6) is -3.11. The van der Waals surface area contributed by atoms with Crippen molar-refractivity contribution in [2.24, 2.45) is 0 Å². The number of alkyl halides is 2. The van der Waals surface area contributed by atoms with E-state index in [9.17, 15) is 13.6 Å². The third kappa shape index (κ3) is 2.25. The van der Waals surface area contributed by atoms with Gasteiger partial charge in [0.1, 0.15) is 0 Å². The van der Waals surface area contributed by atoms with Crippen molar-refractivity contribution in [3.05, 3.63) is 34.4 Å². The molecule has 1 aromatic carbocycles. The molecule has 1 aliphatic rings. The van der Waals surface area contributed by atoms with Crippen LogP contribution in [0.2, 0.25) is 0 Å². The molecule has 0 radical (unpaired) electrons. The average Bonchev–Trinajstić information content (AvgIpc) is 2.91. The van der Waals surface area contributed by atoms with E-state index in [1.54, 1.807) is 6.20 Å². The SMILES string of the molecule is O=C(c1c[nH]c2ccc(Br)cc12)N1CCC(F)(F)C1. The molecule has 0 bridgehead atoms. The first kappa shape index (κ1) is 12.6. The summed E-state index contributed by atoms with van der Waals surface area (Å²) in [6, 6.07) is 5.51.